The first-order valence-electron chi connectivity index (χ1n) is 7.02. The number of benzene rings is 1. The fraction of sp³-hybridized carbons (Fsp3) is 0.533. The molecule has 1 aliphatic heterocycles. The summed E-state index contributed by atoms with van der Waals surface area (Å²) < 4.78 is 0. The van der Waals surface area contributed by atoms with Gasteiger partial charge in [0, 0.05) is 38.3 Å². The van der Waals surface area contributed by atoms with Gasteiger partial charge in [-0.05, 0) is 19.9 Å². The number of phenols is 1. The minimum absolute atomic E-state index is 0.000648. The molecule has 2 atom stereocenters. The van der Waals surface area contributed by atoms with Gasteiger partial charge in [0.1, 0.15) is 11.8 Å². The van der Waals surface area contributed by atoms with E-state index >= 15 is 0 Å². The zero-order valence-corrected chi connectivity index (χ0v) is 12.3. The van der Waals surface area contributed by atoms with E-state index in [1.54, 1.807) is 13.1 Å². The molecule has 1 heterocycles. The van der Waals surface area contributed by atoms with Gasteiger partial charge >= 0.3 is 0 Å². The predicted molar refractivity (Wildman–Crippen MR) is 78.7 cm³/mol. The van der Waals surface area contributed by atoms with Gasteiger partial charge in [-0.1, -0.05) is 17.7 Å². The summed E-state index contributed by atoms with van der Waals surface area (Å²) in [6.45, 7) is 6.31. The normalized spacial score (nSPS) is 21.4. The van der Waals surface area contributed by atoms with Gasteiger partial charge in [-0.3, -0.25) is 9.69 Å². The van der Waals surface area contributed by atoms with Crippen molar-refractivity contribution in [3.05, 3.63) is 29.3 Å². The SMILES string of the molecule is CNC(=O)C1CNCCN1C(C)c1cc(C)ccc1O. The van der Waals surface area contributed by atoms with Crippen LogP contribution in [0.2, 0.25) is 0 Å². The van der Waals surface area contributed by atoms with Crippen molar-refractivity contribution in [2.45, 2.75) is 25.9 Å². The number of aryl methyl sites for hydroxylation is 1. The number of nitrogens with one attached hydrogen (secondary N) is 2. The van der Waals surface area contributed by atoms with Gasteiger partial charge < -0.3 is 15.7 Å². The Morgan fingerprint density at radius 1 is 1.55 bits per heavy atom. The lowest BCUT2D eigenvalue weighted by atomic mass is 10.00. The topological polar surface area (TPSA) is 64.6 Å². The fourth-order valence-electron chi connectivity index (χ4n) is 2.78. The number of phenolic OH excluding ortho intramolecular Hbond substituents is 1. The molecule has 20 heavy (non-hydrogen) atoms. The van der Waals surface area contributed by atoms with Crippen LogP contribution in [0, 0.1) is 6.92 Å². The van der Waals surface area contributed by atoms with E-state index in [0.717, 1.165) is 24.2 Å². The van der Waals surface area contributed by atoms with Crippen LogP contribution in [0.1, 0.15) is 24.1 Å². The van der Waals surface area contributed by atoms with Gasteiger partial charge in [0.05, 0.1) is 0 Å². The van der Waals surface area contributed by atoms with E-state index in [4.69, 9.17) is 0 Å². The molecule has 1 aliphatic rings. The third-order valence-corrected chi connectivity index (χ3v) is 3.96. The van der Waals surface area contributed by atoms with Crippen LogP contribution >= 0.6 is 0 Å². The largest absolute Gasteiger partial charge is 0.508 e. The Labute approximate surface area is 120 Å². The molecule has 0 radical (unpaired) electrons. The Bertz CT molecular complexity index is 490. The van der Waals surface area contributed by atoms with E-state index < -0.39 is 0 Å². The molecule has 1 saturated heterocycles. The maximum absolute atomic E-state index is 12.0. The van der Waals surface area contributed by atoms with E-state index in [9.17, 15) is 9.90 Å². The highest BCUT2D eigenvalue weighted by Gasteiger charge is 2.32. The number of nitrogens with zero attached hydrogens (tertiary/aromatic N) is 1. The summed E-state index contributed by atoms with van der Waals surface area (Å²) in [5.41, 5.74) is 1.98. The summed E-state index contributed by atoms with van der Waals surface area (Å²) >= 11 is 0. The standard InChI is InChI=1S/C15H23N3O2/c1-10-4-5-14(19)12(8-10)11(2)18-7-6-17-9-13(18)15(20)16-3/h4-5,8,11,13,17,19H,6-7,9H2,1-3H3,(H,16,20). The maximum atomic E-state index is 12.0. The van der Waals surface area contributed by atoms with Crippen LogP contribution in [-0.4, -0.2) is 48.6 Å². The summed E-state index contributed by atoms with van der Waals surface area (Å²) in [7, 11) is 1.66. The molecule has 0 saturated carbocycles. The quantitative estimate of drug-likeness (QED) is 0.764. The Kier molecular flexibility index (Phi) is 4.62. The first-order chi connectivity index (χ1) is 9.54. The molecule has 5 heteroatoms. The van der Waals surface area contributed by atoms with Crippen molar-refractivity contribution in [3.8, 4) is 5.75 Å². The molecule has 0 spiro atoms. The minimum Gasteiger partial charge on any atom is -0.508 e. The summed E-state index contributed by atoms with van der Waals surface area (Å²) in [4.78, 5) is 14.2. The number of amides is 1. The van der Waals surface area contributed by atoms with E-state index in [-0.39, 0.29) is 23.7 Å². The van der Waals surface area contributed by atoms with Crippen LogP contribution in [0.15, 0.2) is 18.2 Å². The predicted octanol–water partition coefficient (Wildman–Crippen LogP) is 0.781. The highest BCUT2D eigenvalue weighted by atomic mass is 16.3. The monoisotopic (exact) mass is 277 g/mol. The molecule has 1 amide bonds. The molecule has 2 rings (SSSR count). The first-order valence-corrected chi connectivity index (χ1v) is 7.02. The zero-order chi connectivity index (χ0) is 14.7. The molecule has 1 aromatic rings. The lowest BCUT2D eigenvalue weighted by Crippen LogP contribution is -2.57. The second kappa shape index (κ2) is 6.24. The highest BCUT2D eigenvalue weighted by molar-refractivity contribution is 5.82. The lowest BCUT2D eigenvalue weighted by molar-refractivity contribution is -0.127. The van der Waals surface area contributed by atoms with Gasteiger partial charge in [-0.2, -0.15) is 0 Å². The highest BCUT2D eigenvalue weighted by Crippen LogP contribution is 2.30. The number of hydrogen-bond acceptors (Lipinski definition) is 4. The number of likely N-dealkylation sites (N-methyl/N-ethyl adjacent to an activating group) is 1. The third kappa shape index (κ3) is 2.94. The van der Waals surface area contributed by atoms with Gasteiger partial charge in [0.15, 0.2) is 0 Å². The summed E-state index contributed by atoms with van der Waals surface area (Å²) in [5, 5.41) is 16.0. The molecule has 1 fully saturated rings. The van der Waals surface area contributed by atoms with Crippen molar-refractivity contribution in [3.63, 3.8) is 0 Å². The van der Waals surface area contributed by atoms with Crippen molar-refractivity contribution in [1.82, 2.24) is 15.5 Å². The Morgan fingerprint density at radius 2 is 2.30 bits per heavy atom. The van der Waals surface area contributed by atoms with Crippen molar-refractivity contribution >= 4 is 5.91 Å². The fourth-order valence-corrected chi connectivity index (χ4v) is 2.78. The molecule has 0 aliphatic carbocycles. The number of piperazine rings is 1. The van der Waals surface area contributed by atoms with Crippen LogP contribution in [0.5, 0.6) is 5.75 Å². The molecule has 1 aromatic carbocycles. The van der Waals surface area contributed by atoms with Gasteiger partial charge in [-0.15, -0.1) is 0 Å². The molecule has 0 aromatic heterocycles. The van der Waals surface area contributed by atoms with Crippen LogP contribution in [0.4, 0.5) is 0 Å². The maximum Gasteiger partial charge on any atom is 0.238 e. The number of carbonyl (C=O) groups is 1. The van der Waals surface area contributed by atoms with Crippen molar-refractivity contribution in [2.75, 3.05) is 26.7 Å². The average molecular weight is 277 g/mol. The smallest absolute Gasteiger partial charge is 0.238 e. The molecular formula is C15H23N3O2. The van der Waals surface area contributed by atoms with Gasteiger partial charge in [0.25, 0.3) is 0 Å². The van der Waals surface area contributed by atoms with Crippen molar-refractivity contribution < 1.29 is 9.90 Å². The third-order valence-electron chi connectivity index (χ3n) is 3.96. The van der Waals surface area contributed by atoms with Gasteiger partial charge in [0.2, 0.25) is 5.91 Å². The molecule has 5 nitrogen and oxygen atoms in total. The number of hydrogen-bond donors (Lipinski definition) is 3. The van der Waals surface area contributed by atoms with Crippen LogP contribution in [0.25, 0.3) is 0 Å². The van der Waals surface area contributed by atoms with Crippen LogP contribution < -0.4 is 10.6 Å². The number of carbonyl (C=O) groups excluding carboxylic acids is 1. The second-order valence-corrected chi connectivity index (χ2v) is 5.31. The lowest BCUT2D eigenvalue weighted by Gasteiger charge is -2.39. The molecule has 0 bridgehead atoms. The zero-order valence-electron chi connectivity index (χ0n) is 12.3. The second-order valence-electron chi connectivity index (χ2n) is 5.31. The minimum atomic E-state index is -0.205. The van der Waals surface area contributed by atoms with E-state index in [1.165, 1.54) is 0 Å². The Hall–Kier alpha value is -1.59. The molecular weight excluding hydrogens is 254 g/mol. The molecule has 3 N–H and O–H groups in total. The van der Waals surface area contributed by atoms with Crippen molar-refractivity contribution in [2.24, 2.45) is 0 Å². The van der Waals surface area contributed by atoms with Crippen LogP contribution in [0.3, 0.4) is 0 Å². The van der Waals surface area contributed by atoms with E-state index in [1.807, 2.05) is 26.0 Å². The van der Waals surface area contributed by atoms with Crippen LogP contribution in [-0.2, 0) is 4.79 Å². The first kappa shape index (κ1) is 14.8. The Balaban J connectivity index is 2.27. The van der Waals surface area contributed by atoms with E-state index in [0.29, 0.717) is 6.54 Å². The number of aromatic hydroxyl groups is 1. The summed E-state index contributed by atoms with van der Waals surface area (Å²) in [6, 6.07) is 5.39. The number of rotatable bonds is 3. The van der Waals surface area contributed by atoms with Crippen molar-refractivity contribution in [1.29, 1.82) is 0 Å². The summed E-state index contributed by atoms with van der Waals surface area (Å²) in [5.74, 6) is 0.300. The molecule has 110 valence electrons. The average Bonchev–Trinajstić information content (AvgIpc) is 2.48. The van der Waals surface area contributed by atoms with E-state index in [2.05, 4.69) is 15.5 Å². The molecule has 2 unspecified atom stereocenters. The van der Waals surface area contributed by atoms with Gasteiger partial charge in [-0.25, -0.2) is 0 Å². The summed E-state index contributed by atoms with van der Waals surface area (Å²) in [6.07, 6.45) is 0. The Morgan fingerprint density at radius 3 is 3.00 bits per heavy atom.